The molecule has 0 aromatic rings. The minimum Gasteiger partial charge on any atom is -0.394 e. The van der Waals surface area contributed by atoms with Crippen LogP contribution in [0.25, 0.3) is 0 Å². The SMILES string of the molecule is CCCCCCCCCCCCCCC/C=C/CC/C=C/CC/C=C/CCCC(O)C(O)C(COC1OC(CO)C(O)C(O)C1O)NC(=O)C(O)CCCCCCCCCCCCCCCCCCCCCCCCCCCCCCCCCCCC. The number of carbonyl (C=O) groups is 1. The molecule has 0 aromatic heterocycles. The van der Waals surface area contributed by atoms with Crippen LogP contribution in [0.2, 0.25) is 0 Å². The summed E-state index contributed by atoms with van der Waals surface area (Å²) in [6.07, 6.45) is 72.6. The maximum absolute atomic E-state index is 13.3. The Morgan fingerprint density at radius 1 is 0.391 bits per heavy atom. The highest BCUT2D eigenvalue weighted by Crippen LogP contribution is 2.24. The zero-order valence-electron chi connectivity index (χ0n) is 57.0. The molecule has 514 valence electrons. The van der Waals surface area contributed by atoms with Crippen LogP contribution < -0.4 is 5.32 Å². The van der Waals surface area contributed by atoms with E-state index in [4.69, 9.17) is 9.47 Å². The number of hydrogen-bond acceptors (Lipinski definition) is 10. The summed E-state index contributed by atoms with van der Waals surface area (Å²) in [5.41, 5.74) is 0. The Balaban J connectivity index is 2.17. The number of hydrogen-bond donors (Lipinski definition) is 8. The molecule has 1 heterocycles. The van der Waals surface area contributed by atoms with Gasteiger partial charge in [-0.2, -0.15) is 0 Å². The van der Waals surface area contributed by atoms with E-state index in [1.54, 1.807) is 0 Å². The summed E-state index contributed by atoms with van der Waals surface area (Å²) in [4.78, 5) is 13.3. The number of carbonyl (C=O) groups excluding carboxylic acids is 1. The number of ether oxygens (including phenoxy) is 2. The minimum atomic E-state index is -1.67. The van der Waals surface area contributed by atoms with Crippen molar-refractivity contribution < 1.29 is 50.0 Å². The molecule has 8 N–H and O–H groups in total. The molecule has 87 heavy (non-hydrogen) atoms. The summed E-state index contributed by atoms with van der Waals surface area (Å²) in [5.74, 6) is -0.705. The minimum absolute atomic E-state index is 0.243. The smallest absolute Gasteiger partial charge is 0.249 e. The molecule has 0 radical (unpaired) electrons. The molecule has 1 aliphatic heterocycles. The third-order valence-electron chi connectivity index (χ3n) is 18.4. The van der Waals surface area contributed by atoms with Crippen LogP contribution in [0.15, 0.2) is 36.5 Å². The average molecular weight is 1230 g/mol. The van der Waals surface area contributed by atoms with Crippen LogP contribution in [0.1, 0.15) is 373 Å². The first kappa shape index (κ1) is 83.3. The highest BCUT2D eigenvalue weighted by Gasteiger charge is 2.44. The van der Waals surface area contributed by atoms with E-state index in [1.807, 2.05) is 0 Å². The largest absolute Gasteiger partial charge is 0.394 e. The fourth-order valence-corrected chi connectivity index (χ4v) is 12.4. The van der Waals surface area contributed by atoms with Gasteiger partial charge in [0.05, 0.1) is 25.4 Å². The Labute approximate surface area is 537 Å². The summed E-state index contributed by atoms with van der Waals surface area (Å²) in [7, 11) is 0. The molecular weight excluding hydrogens is 1090 g/mol. The van der Waals surface area contributed by atoms with Crippen molar-refractivity contribution in [3.8, 4) is 0 Å². The fourth-order valence-electron chi connectivity index (χ4n) is 12.4. The van der Waals surface area contributed by atoms with Crippen molar-refractivity contribution in [1.82, 2.24) is 5.32 Å². The number of aliphatic hydroxyl groups is 7. The lowest BCUT2D eigenvalue weighted by atomic mass is 9.98. The van der Waals surface area contributed by atoms with Gasteiger partial charge < -0.3 is 50.5 Å². The Morgan fingerprint density at radius 3 is 1.02 bits per heavy atom. The predicted molar refractivity (Wildman–Crippen MR) is 367 cm³/mol. The first-order chi connectivity index (χ1) is 42.7. The van der Waals surface area contributed by atoms with Crippen molar-refractivity contribution in [3.63, 3.8) is 0 Å². The van der Waals surface area contributed by atoms with Gasteiger partial charge in [-0.3, -0.25) is 4.79 Å². The van der Waals surface area contributed by atoms with Gasteiger partial charge in [-0.15, -0.1) is 0 Å². The van der Waals surface area contributed by atoms with Gasteiger partial charge in [0.25, 0.3) is 0 Å². The summed E-state index contributed by atoms with van der Waals surface area (Å²) >= 11 is 0. The van der Waals surface area contributed by atoms with E-state index in [-0.39, 0.29) is 12.8 Å². The second kappa shape index (κ2) is 64.4. The van der Waals surface area contributed by atoms with Gasteiger partial charge in [0.1, 0.15) is 36.6 Å². The standard InChI is InChI=1S/C76H145NO10/c1-3-5-7-9-11-13-15-17-19-21-23-25-27-29-31-32-33-34-35-36-37-38-40-42-44-46-48-50-52-54-56-58-60-62-64-69(80)75(85)77-67(66-86-76-74(84)73(83)72(82)70(65-78)87-76)71(81)68(79)63-61-59-57-55-53-51-49-47-45-43-41-39-30-28-26-24-22-20-18-16-14-12-10-8-6-4-2/h39,41,47,49,55,57,67-74,76,78-84H,3-38,40,42-46,48,50-54,56,58-66H2,1-2H3,(H,77,85)/b41-39+,49-47+,57-55+. The van der Waals surface area contributed by atoms with E-state index in [1.165, 1.54) is 283 Å². The van der Waals surface area contributed by atoms with Crippen LogP contribution in [-0.2, 0) is 14.3 Å². The van der Waals surface area contributed by atoms with Crippen molar-refractivity contribution >= 4 is 5.91 Å². The molecule has 0 spiro atoms. The van der Waals surface area contributed by atoms with E-state index in [0.717, 1.165) is 44.9 Å². The molecule has 9 atom stereocenters. The van der Waals surface area contributed by atoms with Gasteiger partial charge in [0, 0.05) is 0 Å². The van der Waals surface area contributed by atoms with E-state index in [9.17, 15) is 40.5 Å². The highest BCUT2D eigenvalue weighted by molar-refractivity contribution is 5.80. The van der Waals surface area contributed by atoms with E-state index < -0.39 is 74.2 Å². The van der Waals surface area contributed by atoms with Gasteiger partial charge in [0.15, 0.2) is 6.29 Å². The first-order valence-electron chi connectivity index (χ1n) is 37.9. The quantitative estimate of drug-likeness (QED) is 0.0215. The number of rotatable bonds is 67. The third kappa shape index (κ3) is 51.5. The Morgan fingerprint density at radius 2 is 0.690 bits per heavy atom. The Bertz CT molecular complexity index is 1510. The molecule has 1 saturated heterocycles. The van der Waals surface area contributed by atoms with E-state index >= 15 is 0 Å². The molecule has 9 unspecified atom stereocenters. The normalized spacial score (nSPS) is 18.8. The van der Waals surface area contributed by atoms with Crippen molar-refractivity contribution in [3.05, 3.63) is 36.5 Å². The van der Waals surface area contributed by atoms with Crippen molar-refractivity contribution in [2.75, 3.05) is 13.2 Å². The predicted octanol–water partition coefficient (Wildman–Crippen LogP) is 18.9. The number of unbranched alkanes of at least 4 members (excludes halogenated alkanes) is 49. The second-order valence-electron chi connectivity index (χ2n) is 26.7. The van der Waals surface area contributed by atoms with Crippen LogP contribution in [0, 0.1) is 0 Å². The molecule has 1 fully saturated rings. The lowest BCUT2D eigenvalue weighted by molar-refractivity contribution is -0.303. The Kier molecular flexibility index (Phi) is 61.7. The number of aliphatic hydroxyl groups excluding tert-OH is 7. The summed E-state index contributed by atoms with van der Waals surface area (Å²) < 4.78 is 11.2. The number of amides is 1. The highest BCUT2D eigenvalue weighted by atomic mass is 16.7. The topological polar surface area (TPSA) is 189 Å². The summed E-state index contributed by atoms with van der Waals surface area (Å²) in [6, 6.07) is -1.19. The molecule has 0 aromatic carbocycles. The molecule has 11 heteroatoms. The molecule has 1 rings (SSSR count). The van der Waals surface area contributed by atoms with Gasteiger partial charge >= 0.3 is 0 Å². The lowest BCUT2D eigenvalue weighted by Crippen LogP contribution is -2.60. The van der Waals surface area contributed by atoms with Gasteiger partial charge in [-0.25, -0.2) is 0 Å². The third-order valence-corrected chi connectivity index (χ3v) is 18.4. The molecule has 1 amide bonds. The molecular formula is C76H145NO10. The van der Waals surface area contributed by atoms with E-state index in [2.05, 4.69) is 55.6 Å². The molecule has 11 nitrogen and oxygen atoms in total. The first-order valence-corrected chi connectivity index (χ1v) is 37.9. The molecule has 0 aliphatic carbocycles. The van der Waals surface area contributed by atoms with Crippen LogP contribution in [-0.4, -0.2) is 110 Å². The van der Waals surface area contributed by atoms with Crippen molar-refractivity contribution in [1.29, 1.82) is 0 Å². The maximum atomic E-state index is 13.3. The Hall–Kier alpha value is -1.67. The molecule has 0 bridgehead atoms. The van der Waals surface area contributed by atoms with Crippen LogP contribution >= 0.6 is 0 Å². The summed E-state index contributed by atoms with van der Waals surface area (Å²) in [6.45, 7) is 3.50. The number of nitrogens with one attached hydrogen (secondary N) is 1. The van der Waals surface area contributed by atoms with Crippen LogP contribution in [0.3, 0.4) is 0 Å². The fraction of sp³-hybridized carbons (Fsp3) is 0.908. The van der Waals surface area contributed by atoms with Gasteiger partial charge in [-0.1, -0.05) is 346 Å². The van der Waals surface area contributed by atoms with Crippen molar-refractivity contribution in [2.24, 2.45) is 0 Å². The lowest BCUT2D eigenvalue weighted by Gasteiger charge is -2.40. The molecule has 1 aliphatic rings. The second-order valence-corrected chi connectivity index (χ2v) is 26.7. The zero-order chi connectivity index (χ0) is 63.1. The van der Waals surface area contributed by atoms with Crippen LogP contribution in [0.4, 0.5) is 0 Å². The number of allylic oxidation sites excluding steroid dienone is 6. The van der Waals surface area contributed by atoms with Gasteiger partial charge in [-0.05, 0) is 64.2 Å². The van der Waals surface area contributed by atoms with E-state index in [0.29, 0.717) is 19.3 Å². The monoisotopic (exact) mass is 1230 g/mol. The van der Waals surface area contributed by atoms with Crippen molar-refractivity contribution in [2.45, 2.75) is 428 Å². The summed E-state index contributed by atoms with van der Waals surface area (Å²) in [5, 5.41) is 76.6. The molecule has 0 saturated carbocycles. The zero-order valence-corrected chi connectivity index (χ0v) is 57.0. The van der Waals surface area contributed by atoms with Gasteiger partial charge in [0.2, 0.25) is 5.91 Å². The maximum Gasteiger partial charge on any atom is 0.249 e. The van der Waals surface area contributed by atoms with Crippen LogP contribution in [0.5, 0.6) is 0 Å². The average Bonchev–Trinajstić information content (AvgIpc) is 1.81.